The zero-order chi connectivity index (χ0) is 16.2. The predicted molar refractivity (Wildman–Crippen MR) is 75.5 cm³/mol. The Hall–Kier alpha value is -2.75. The molecule has 0 aliphatic heterocycles. The Morgan fingerprint density at radius 2 is 2.14 bits per heavy atom. The number of carboxylic acid groups (broad SMARTS) is 1. The number of rotatable bonds is 7. The molecule has 1 amide bonds. The zero-order valence-corrected chi connectivity index (χ0v) is 12.1. The Bertz CT molecular complexity index is 631. The molecule has 2 N–H and O–H groups in total. The first kappa shape index (κ1) is 15.6. The average molecular weight is 304 g/mol. The average Bonchev–Trinajstić information content (AvgIpc) is 3.32. The molecule has 1 aliphatic rings. The first-order valence-corrected chi connectivity index (χ1v) is 6.72. The Balaban J connectivity index is 1.86. The lowest BCUT2D eigenvalue weighted by molar-refractivity contribution is -0.143. The normalized spacial score (nSPS) is 14.5. The monoisotopic (exact) mass is 304 g/mol. The van der Waals surface area contributed by atoms with Gasteiger partial charge in [-0.1, -0.05) is 0 Å². The van der Waals surface area contributed by atoms with E-state index in [1.807, 2.05) is 6.07 Å². The van der Waals surface area contributed by atoms with Gasteiger partial charge in [-0.3, -0.25) is 9.59 Å². The number of carbonyl (C=O) groups is 2. The smallest absolute Gasteiger partial charge is 0.311 e. The van der Waals surface area contributed by atoms with E-state index in [4.69, 9.17) is 19.8 Å². The molecule has 0 heterocycles. The van der Waals surface area contributed by atoms with Gasteiger partial charge in [0.15, 0.2) is 18.1 Å². The van der Waals surface area contributed by atoms with E-state index >= 15 is 0 Å². The number of nitrogens with zero attached hydrogens (tertiary/aromatic N) is 1. The number of hydrogen-bond acceptors (Lipinski definition) is 5. The summed E-state index contributed by atoms with van der Waals surface area (Å²) in [6, 6.07) is 6.59. The van der Waals surface area contributed by atoms with E-state index in [9.17, 15) is 9.59 Å². The summed E-state index contributed by atoms with van der Waals surface area (Å²) in [6.45, 7) is -0.146. The molecule has 0 unspecified atom stereocenters. The van der Waals surface area contributed by atoms with Crippen LogP contribution in [0.3, 0.4) is 0 Å². The Kier molecular flexibility index (Phi) is 4.51. The lowest BCUT2D eigenvalue weighted by Crippen LogP contribution is -2.36. The van der Waals surface area contributed by atoms with Crippen molar-refractivity contribution in [1.82, 2.24) is 5.32 Å². The molecule has 22 heavy (non-hydrogen) atoms. The molecule has 1 fully saturated rings. The fourth-order valence-corrected chi connectivity index (χ4v) is 1.94. The van der Waals surface area contributed by atoms with Crippen molar-refractivity contribution < 1.29 is 24.2 Å². The van der Waals surface area contributed by atoms with Gasteiger partial charge in [-0.05, 0) is 25.0 Å². The molecule has 0 spiro atoms. The van der Waals surface area contributed by atoms with Gasteiger partial charge >= 0.3 is 5.97 Å². The Morgan fingerprint density at radius 1 is 1.41 bits per heavy atom. The number of carbonyl (C=O) groups excluding carboxylic acids is 1. The van der Waals surface area contributed by atoms with Crippen molar-refractivity contribution in [3.05, 3.63) is 23.8 Å². The highest BCUT2D eigenvalue weighted by molar-refractivity contribution is 5.81. The van der Waals surface area contributed by atoms with Crippen LogP contribution < -0.4 is 14.8 Å². The van der Waals surface area contributed by atoms with Crippen molar-refractivity contribution in [1.29, 1.82) is 5.26 Å². The predicted octanol–water partition coefficient (Wildman–Crippen LogP) is 0.927. The maximum Gasteiger partial charge on any atom is 0.311 e. The van der Waals surface area contributed by atoms with Gasteiger partial charge in [0.1, 0.15) is 0 Å². The fourth-order valence-electron chi connectivity index (χ4n) is 1.94. The van der Waals surface area contributed by atoms with Gasteiger partial charge < -0.3 is 19.9 Å². The number of carboxylic acids is 1. The van der Waals surface area contributed by atoms with Crippen LogP contribution in [0.2, 0.25) is 0 Å². The van der Waals surface area contributed by atoms with Crippen LogP contribution in [0.15, 0.2) is 18.2 Å². The molecule has 7 heteroatoms. The minimum Gasteiger partial charge on any atom is -0.493 e. The Morgan fingerprint density at radius 3 is 2.68 bits per heavy atom. The first-order chi connectivity index (χ1) is 10.5. The molecule has 116 valence electrons. The molecule has 0 bridgehead atoms. The van der Waals surface area contributed by atoms with Crippen molar-refractivity contribution in [2.45, 2.75) is 12.8 Å². The number of nitriles is 1. The van der Waals surface area contributed by atoms with Crippen LogP contribution in [0, 0.1) is 16.7 Å². The molecule has 1 aromatic rings. The van der Waals surface area contributed by atoms with Crippen molar-refractivity contribution in [3.63, 3.8) is 0 Å². The fraction of sp³-hybridized carbons (Fsp3) is 0.400. The van der Waals surface area contributed by atoms with Crippen molar-refractivity contribution in [2.75, 3.05) is 20.3 Å². The maximum absolute atomic E-state index is 11.7. The van der Waals surface area contributed by atoms with Gasteiger partial charge in [0.05, 0.1) is 24.2 Å². The molecular formula is C15H16N2O5. The lowest BCUT2D eigenvalue weighted by atomic mass is 10.1. The quantitative estimate of drug-likeness (QED) is 0.775. The number of ether oxygens (including phenoxy) is 2. The van der Waals surface area contributed by atoms with Crippen molar-refractivity contribution >= 4 is 11.9 Å². The highest BCUT2D eigenvalue weighted by Gasteiger charge is 2.50. The second-order valence-electron chi connectivity index (χ2n) is 5.13. The number of amides is 1. The SMILES string of the molecule is COc1cc(C#N)ccc1OCC(=O)NCC1(C(=O)O)CC1. The van der Waals surface area contributed by atoms with Crippen LogP contribution in [0.4, 0.5) is 0 Å². The third-order valence-corrected chi connectivity index (χ3v) is 3.58. The summed E-state index contributed by atoms with van der Waals surface area (Å²) in [6.07, 6.45) is 1.15. The minimum absolute atomic E-state index is 0.106. The second-order valence-corrected chi connectivity index (χ2v) is 5.13. The van der Waals surface area contributed by atoms with E-state index in [1.165, 1.54) is 13.2 Å². The van der Waals surface area contributed by atoms with E-state index in [0.717, 1.165) is 0 Å². The summed E-state index contributed by atoms with van der Waals surface area (Å²) < 4.78 is 10.4. The number of nitrogens with one attached hydrogen (secondary N) is 1. The minimum atomic E-state index is -0.887. The number of benzene rings is 1. The molecule has 2 rings (SSSR count). The van der Waals surface area contributed by atoms with Crippen LogP contribution in [0.5, 0.6) is 11.5 Å². The summed E-state index contributed by atoms with van der Waals surface area (Å²) in [5.41, 5.74) is -0.382. The zero-order valence-electron chi connectivity index (χ0n) is 12.1. The molecule has 7 nitrogen and oxygen atoms in total. The van der Waals surface area contributed by atoms with Crippen molar-refractivity contribution in [2.24, 2.45) is 5.41 Å². The highest BCUT2D eigenvalue weighted by atomic mass is 16.5. The van der Waals surface area contributed by atoms with E-state index in [1.54, 1.807) is 12.1 Å². The third-order valence-electron chi connectivity index (χ3n) is 3.58. The summed E-state index contributed by atoms with van der Waals surface area (Å²) >= 11 is 0. The summed E-state index contributed by atoms with van der Waals surface area (Å²) in [4.78, 5) is 22.7. The Labute approximate surface area is 127 Å². The van der Waals surface area contributed by atoms with Gasteiger partial charge in [-0.2, -0.15) is 5.26 Å². The van der Waals surface area contributed by atoms with Crippen molar-refractivity contribution in [3.8, 4) is 17.6 Å². The van der Waals surface area contributed by atoms with Crippen LogP contribution in [-0.2, 0) is 9.59 Å². The van der Waals surface area contributed by atoms with Gasteiger partial charge in [0, 0.05) is 12.6 Å². The number of methoxy groups -OCH3 is 1. The van der Waals surface area contributed by atoms with E-state index in [-0.39, 0.29) is 13.2 Å². The first-order valence-electron chi connectivity index (χ1n) is 6.72. The van der Waals surface area contributed by atoms with Gasteiger partial charge in [0.25, 0.3) is 5.91 Å². The molecule has 1 aliphatic carbocycles. The topological polar surface area (TPSA) is 109 Å². The molecule has 0 aromatic heterocycles. The maximum atomic E-state index is 11.7. The van der Waals surface area contributed by atoms with Gasteiger partial charge in [0.2, 0.25) is 0 Å². The number of aliphatic carboxylic acids is 1. The van der Waals surface area contributed by atoms with Crippen LogP contribution in [0.25, 0.3) is 0 Å². The second kappa shape index (κ2) is 6.35. The van der Waals surface area contributed by atoms with Crippen LogP contribution >= 0.6 is 0 Å². The number of hydrogen-bond donors (Lipinski definition) is 2. The van der Waals surface area contributed by atoms with Crippen LogP contribution in [0.1, 0.15) is 18.4 Å². The molecule has 0 saturated heterocycles. The largest absolute Gasteiger partial charge is 0.493 e. The standard InChI is InChI=1S/C15H16N2O5/c1-21-12-6-10(7-16)2-3-11(12)22-8-13(18)17-9-15(4-5-15)14(19)20/h2-3,6H,4-5,8-9H2,1H3,(H,17,18)(H,19,20). The molecule has 0 atom stereocenters. The van der Waals surface area contributed by atoms with E-state index < -0.39 is 17.3 Å². The third kappa shape index (κ3) is 3.47. The lowest BCUT2D eigenvalue weighted by Gasteiger charge is -2.13. The molecule has 1 saturated carbocycles. The van der Waals surface area contributed by atoms with Gasteiger partial charge in [-0.15, -0.1) is 0 Å². The van der Waals surface area contributed by atoms with Gasteiger partial charge in [-0.25, -0.2) is 0 Å². The summed E-state index contributed by atoms with van der Waals surface area (Å²) in [5.74, 6) is -0.589. The van der Waals surface area contributed by atoms with E-state index in [0.29, 0.717) is 29.9 Å². The molecule has 1 aromatic carbocycles. The molecular weight excluding hydrogens is 288 g/mol. The summed E-state index contributed by atoms with van der Waals surface area (Å²) in [5, 5.41) is 20.4. The van der Waals surface area contributed by atoms with Crippen LogP contribution in [-0.4, -0.2) is 37.2 Å². The molecule has 0 radical (unpaired) electrons. The highest BCUT2D eigenvalue weighted by Crippen LogP contribution is 2.45. The summed E-state index contributed by atoms with van der Waals surface area (Å²) in [7, 11) is 1.44. The van der Waals surface area contributed by atoms with E-state index in [2.05, 4.69) is 5.32 Å².